The van der Waals surface area contributed by atoms with Crippen LogP contribution in [0.4, 0.5) is 5.69 Å². The predicted octanol–water partition coefficient (Wildman–Crippen LogP) is 4.01. The number of rotatable bonds is 3. The molecule has 4 nitrogen and oxygen atoms in total. The molecule has 1 aliphatic rings. The molecule has 0 spiro atoms. The molecule has 0 aliphatic carbocycles. The number of nitrogens with zero attached hydrogens (tertiary/aromatic N) is 1. The number of ether oxygens (including phenoxy) is 2. The Morgan fingerprint density at radius 1 is 0.909 bits per heavy atom. The molecule has 0 saturated carbocycles. The first-order valence-corrected chi connectivity index (χ1v) is 7.07. The van der Waals surface area contributed by atoms with E-state index in [1.165, 1.54) is 5.39 Å². The molecule has 22 heavy (non-hydrogen) atoms. The molecule has 1 aliphatic heterocycles. The van der Waals surface area contributed by atoms with E-state index in [1.54, 1.807) is 6.21 Å². The summed E-state index contributed by atoms with van der Waals surface area (Å²) in [5, 5.41) is 6.65. The summed E-state index contributed by atoms with van der Waals surface area (Å²) in [6.07, 6.45) is 1.77. The lowest BCUT2D eigenvalue weighted by Gasteiger charge is -2.05. The van der Waals surface area contributed by atoms with Crippen LogP contribution in [0.2, 0.25) is 0 Å². The highest BCUT2D eigenvalue weighted by atomic mass is 16.7. The number of fused-ring (bicyclic) bond motifs is 2. The molecule has 4 heteroatoms. The van der Waals surface area contributed by atoms with Gasteiger partial charge in [-0.2, -0.15) is 5.10 Å². The van der Waals surface area contributed by atoms with Crippen LogP contribution in [0, 0.1) is 0 Å². The molecule has 3 aromatic carbocycles. The molecule has 0 amide bonds. The van der Waals surface area contributed by atoms with Gasteiger partial charge in [0, 0.05) is 5.39 Å². The Hall–Kier alpha value is -3.01. The first-order valence-electron chi connectivity index (χ1n) is 7.07. The molecule has 1 N–H and O–H groups in total. The summed E-state index contributed by atoms with van der Waals surface area (Å²) in [6, 6.07) is 20.1. The number of benzene rings is 3. The second-order valence-electron chi connectivity index (χ2n) is 5.01. The van der Waals surface area contributed by atoms with E-state index in [4.69, 9.17) is 9.47 Å². The van der Waals surface area contributed by atoms with E-state index in [1.807, 2.05) is 42.5 Å². The summed E-state index contributed by atoms with van der Waals surface area (Å²) in [6.45, 7) is 0.282. The van der Waals surface area contributed by atoms with Gasteiger partial charge in [-0.1, -0.05) is 36.4 Å². The van der Waals surface area contributed by atoms with Crippen molar-refractivity contribution in [2.24, 2.45) is 5.10 Å². The maximum Gasteiger partial charge on any atom is 0.231 e. The lowest BCUT2D eigenvalue weighted by atomic mass is 10.1. The van der Waals surface area contributed by atoms with Crippen LogP contribution in [0.15, 0.2) is 65.8 Å². The third kappa shape index (κ3) is 2.35. The molecular weight excluding hydrogens is 276 g/mol. The average Bonchev–Trinajstić information content (AvgIpc) is 3.03. The van der Waals surface area contributed by atoms with Gasteiger partial charge in [-0.25, -0.2) is 0 Å². The van der Waals surface area contributed by atoms with Gasteiger partial charge >= 0.3 is 0 Å². The van der Waals surface area contributed by atoms with Gasteiger partial charge in [0.1, 0.15) is 0 Å². The molecule has 0 saturated heterocycles. The summed E-state index contributed by atoms with van der Waals surface area (Å²) in [5.74, 6) is 1.54. The van der Waals surface area contributed by atoms with Gasteiger partial charge < -0.3 is 9.47 Å². The van der Waals surface area contributed by atoms with Gasteiger partial charge in [0.25, 0.3) is 0 Å². The topological polar surface area (TPSA) is 42.9 Å². The fourth-order valence-corrected chi connectivity index (χ4v) is 2.49. The molecule has 0 atom stereocenters. The quantitative estimate of drug-likeness (QED) is 0.585. The minimum Gasteiger partial charge on any atom is -0.454 e. The first kappa shape index (κ1) is 12.7. The largest absolute Gasteiger partial charge is 0.454 e. The molecule has 0 bridgehead atoms. The molecular formula is C18H14N2O2. The van der Waals surface area contributed by atoms with Gasteiger partial charge in [0.15, 0.2) is 11.5 Å². The van der Waals surface area contributed by atoms with Crippen molar-refractivity contribution in [2.75, 3.05) is 12.2 Å². The Labute approximate surface area is 128 Å². The Kier molecular flexibility index (Phi) is 3.12. The van der Waals surface area contributed by atoms with E-state index >= 15 is 0 Å². The molecule has 0 aromatic heterocycles. The Morgan fingerprint density at radius 3 is 2.77 bits per heavy atom. The molecule has 1 heterocycles. The second-order valence-corrected chi connectivity index (χ2v) is 5.01. The van der Waals surface area contributed by atoms with Gasteiger partial charge in [-0.15, -0.1) is 0 Å². The Bertz CT molecular complexity index is 853. The van der Waals surface area contributed by atoms with E-state index in [2.05, 4.69) is 28.7 Å². The zero-order valence-electron chi connectivity index (χ0n) is 11.8. The highest BCUT2D eigenvalue weighted by molar-refractivity contribution is 5.94. The Morgan fingerprint density at radius 2 is 1.77 bits per heavy atom. The standard InChI is InChI=1S/C18H14N2O2/c1-2-6-15-14(4-1)5-3-7-16(15)20-19-11-13-8-9-17-18(10-13)22-12-21-17/h1-11,20H,12H2. The minimum absolute atomic E-state index is 0.282. The van der Waals surface area contributed by atoms with E-state index in [0.29, 0.717) is 0 Å². The molecule has 4 rings (SSSR count). The lowest BCUT2D eigenvalue weighted by molar-refractivity contribution is 0.174. The highest BCUT2D eigenvalue weighted by Crippen LogP contribution is 2.32. The van der Waals surface area contributed by atoms with Crippen molar-refractivity contribution < 1.29 is 9.47 Å². The van der Waals surface area contributed by atoms with E-state index < -0.39 is 0 Å². The maximum atomic E-state index is 5.36. The molecule has 0 fully saturated rings. The van der Waals surface area contributed by atoms with E-state index in [0.717, 1.165) is 28.1 Å². The van der Waals surface area contributed by atoms with Gasteiger partial charge in [-0.3, -0.25) is 5.43 Å². The van der Waals surface area contributed by atoms with Crippen LogP contribution in [-0.4, -0.2) is 13.0 Å². The molecule has 0 unspecified atom stereocenters. The monoisotopic (exact) mass is 290 g/mol. The maximum absolute atomic E-state index is 5.36. The summed E-state index contributed by atoms with van der Waals surface area (Å²) in [7, 11) is 0. The third-order valence-corrected chi connectivity index (χ3v) is 3.58. The average molecular weight is 290 g/mol. The van der Waals surface area contributed by atoms with Gasteiger partial charge in [-0.05, 0) is 35.2 Å². The summed E-state index contributed by atoms with van der Waals surface area (Å²) in [4.78, 5) is 0. The summed E-state index contributed by atoms with van der Waals surface area (Å²) < 4.78 is 10.7. The van der Waals surface area contributed by atoms with Crippen molar-refractivity contribution >= 4 is 22.7 Å². The smallest absolute Gasteiger partial charge is 0.231 e. The van der Waals surface area contributed by atoms with Crippen molar-refractivity contribution in [1.82, 2.24) is 0 Å². The van der Waals surface area contributed by atoms with Gasteiger partial charge in [0.2, 0.25) is 6.79 Å². The second kappa shape index (κ2) is 5.41. The normalized spacial score (nSPS) is 12.9. The van der Waals surface area contributed by atoms with Crippen molar-refractivity contribution in [3.63, 3.8) is 0 Å². The molecule has 3 aromatic rings. The number of nitrogens with one attached hydrogen (secondary N) is 1. The lowest BCUT2D eigenvalue weighted by Crippen LogP contribution is -1.93. The van der Waals surface area contributed by atoms with Crippen LogP contribution in [0.1, 0.15) is 5.56 Å². The summed E-state index contributed by atoms with van der Waals surface area (Å²) in [5.41, 5.74) is 5.04. The van der Waals surface area contributed by atoms with Gasteiger partial charge in [0.05, 0.1) is 11.9 Å². The number of anilines is 1. The van der Waals surface area contributed by atoms with Crippen molar-refractivity contribution in [3.8, 4) is 11.5 Å². The number of hydrogen-bond donors (Lipinski definition) is 1. The van der Waals surface area contributed by atoms with E-state index in [-0.39, 0.29) is 6.79 Å². The first-order chi connectivity index (χ1) is 10.9. The fraction of sp³-hybridized carbons (Fsp3) is 0.0556. The van der Waals surface area contributed by atoms with Crippen LogP contribution < -0.4 is 14.9 Å². The van der Waals surface area contributed by atoms with Crippen molar-refractivity contribution in [2.45, 2.75) is 0 Å². The zero-order valence-corrected chi connectivity index (χ0v) is 11.8. The van der Waals surface area contributed by atoms with Crippen molar-refractivity contribution in [3.05, 3.63) is 66.2 Å². The Balaban J connectivity index is 1.56. The van der Waals surface area contributed by atoms with Crippen LogP contribution in [-0.2, 0) is 0 Å². The summed E-state index contributed by atoms with van der Waals surface area (Å²) >= 11 is 0. The van der Waals surface area contributed by atoms with Crippen molar-refractivity contribution in [1.29, 1.82) is 0 Å². The number of hydrazone groups is 1. The fourth-order valence-electron chi connectivity index (χ4n) is 2.49. The van der Waals surface area contributed by atoms with Crippen LogP contribution in [0.5, 0.6) is 11.5 Å². The predicted molar refractivity (Wildman–Crippen MR) is 87.7 cm³/mol. The molecule has 108 valence electrons. The van der Waals surface area contributed by atoms with Crippen LogP contribution in [0.25, 0.3) is 10.8 Å². The molecule has 0 radical (unpaired) electrons. The van der Waals surface area contributed by atoms with Crippen LogP contribution >= 0.6 is 0 Å². The minimum atomic E-state index is 0.282. The highest BCUT2D eigenvalue weighted by Gasteiger charge is 2.12. The van der Waals surface area contributed by atoms with Crippen LogP contribution in [0.3, 0.4) is 0 Å². The third-order valence-electron chi connectivity index (χ3n) is 3.58. The SMILES string of the molecule is C(=NNc1cccc2ccccc12)c1ccc2c(c1)OCO2. The van der Waals surface area contributed by atoms with E-state index in [9.17, 15) is 0 Å². The number of hydrogen-bond acceptors (Lipinski definition) is 4. The zero-order chi connectivity index (χ0) is 14.8.